The van der Waals surface area contributed by atoms with Crippen molar-refractivity contribution < 1.29 is 4.79 Å². The second-order valence-corrected chi connectivity index (χ2v) is 5.42. The molecule has 0 spiro atoms. The van der Waals surface area contributed by atoms with E-state index in [1.54, 1.807) is 0 Å². The van der Waals surface area contributed by atoms with Crippen LogP contribution in [0.1, 0.15) is 32.1 Å². The van der Waals surface area contributed by atoms with Gasteiger partial charge in [-0.1, -0.05) is 24.6 Å². The monoisotopic (exact) mass is 220 g/mol. The first-order valence-corrected chi connectivity index (χ1v) is 6.46. The van der Waals surface area contributed by atoms with Gasteiger partial charge in [0, 0.05) is 23.0 Å². The molecule has 1 nitrogen and oxygen atoms in total. The highest BCUT2D eigenvalue weighted by Crippen LogP contribution is 2.31. The van der Waals surface area contributed by atoms with Crippen LogP contribution in [0.3, 0.4) is 0 Å². The van der Waals surface area contributed by atoms with Crippen molar-refractivity contribution in [3.8, 4) is 0 Å². The number of hydrogen-bond acceptors (Lipinski definition) is 2. The number of rotatable bonds is 2. The predicted molar refractivity (Wildman–Crippen MR) is 64.2 cm³/mol. The van der Waals surface area contributed by atoms with Crippen molar-refractivity contribution in [3.05, 3.63) is 30.3 Å². The first-order chi connectivity index (χ1) is 7.34. The lowest BCUT2D eigenvalue weighted by molar-refractivity contribution is -0.118. The maximum absolute atomic E-state index is 11.5. The first kappa shape index (κ1) is 10.7. The Labute approximate surface area is 95.3 Å². The van der Waals surface area contributed by atoms with E-state index in [4.69, 9.17) is 0 Å². The lowest BCUT2D eigenvalue weighted by Crippen LogP contribution is -2.06. The van der Waals surface area contributed by atoms with Gasteiger partial charge in [-0.2, -0.15) is 0 Å². The smallest absolute Gasteiger partial charge is 0.134 e. The van der Waals surface area contributed by atoms with Gasteiger partial charge in [-0.25, -0.2) is 0 Å². The summed E-state index contributed by atoms with van der Waals surface area (Å²) in [6, 6.07) is 10.4. The number of hydrogen-bond donors (Lipinski definition) is 0. The first-order valence-electron chi connectivity index (χ1n) is 5.58. The van der Waals surface area contributed by atoms with E-state index in [1.807, 2.05) is 17.8 Å². The molecule has 0 bridgehead atoms. The minimum Gasteiger partial charge on any atom is -0.300 e. The van der Waals surface area contributed by atoms with E-state index in [2.05, 4.69) is 24.3 Å². The molecule has 2 heteroatoms. The fourth-order valence-corrected chi connectivity index (χ4v) is 3.20. The van der Waals surface area contributed by atoms with E-state index in [0.717, 1.165) is 19.3 Å². The van der Waals surface area contributed by atoms with Crippen molar-refractivity contribution in [2.45, 2.75) is 42.2 Å². The summed E-state index contributed by atoms with van der Waals surface area (Å²) in [6.45, 7) is 0. The van der Waals surface area contributed by atoms with Crippen molar-refractivity contribution in [3.63, 3.8) is 0 Å². The van der Waals surface area contributed by atoms with E-state index < -0.39 is 0 Å². The van der Waals surface area contributed by atoms with Crippen molar-refractivity contribution in [2.24, 2.45) is 0 Å². The summed E-state index contributed by atoms with van der Waals surface area (Å²) in [5.74, 6) is 0.445. The summed E-state index contributed by atoms with van der Waals surface area (Å²) in [7, 11) is 0. The van der Waals surface area contributed by atoms with Gasteiger partial charge in [0.25, 0.3) is 0 Å². The highest BCUT2D eigenvalue weighted by atomic mass is 32.2. The van der Waals surface area contributed by atoms with Crippen LogP contribution in [0.25, 0.3) is 0 Å². The van der Waals surface area contributed by atoms with E-state index in [0.29, 0.717) is 11.0 Å². The molecule has 1 aliphatic rings. The van der Waals surface area contributed by atoms with E-state index in [9.17, 15) is 4.79 Å². The Kier molecular flexibility index (Phi) is 3.84. The number of thioether (sulfide) groups is 1. The average molecular weight is 220 g/mol. The molecule has 0 aromatic heterocycles. The van der Waals surface area contributed by atoms with Gasteiger partial charge in [0.1, 0.15) is 5.78 Å². The Bertz CT molecular complexity index is 321. The zero-order chi connectivity index (χ0) is 10.5. The van der Waals surface area contributed by atoms with Crippen molar-refractivity contribution in [1.82, 2.24) is 0 Å². The lowest BCUT2D eigenvalue weighted by Gasteiger charge is -2.12. The Hall–Kier alpha value is -0.760. The van der Waals surface area contributed by atoms with Gasteiger partial charge in [0.2, 0.25) is 0 Å². The number of ketones is 1. The fourth-order valence-electron chi connectivity index (χ4n) is 1.94. The summed E-state index contributed by atoms with van der Waals surface area (Å²) in [6.07, 6.45) is 5.04. The molecule has 1 aliphatic carbocycles. The van der Waals surface area contributed by atoms with Crippen LogP contribution in [0.15, 0.2) is 35.2 Å². The van der Waals surface area contributed by atoms with Gasteiger partial charge in [-0.3, -0.25) is 4.79 Å². The predicted octanol–water partition coefficient (Wildman–Crippen LogP) is 3.68. The Morgan fingerprint density at radius 3 is 2.73 bits per heavy atom. The SMILES string of the molecule is O=C1CCCC[C@H](Sc2ccccc2)C1. The van der Waals surface area contributed by atoms with E-state index in [-0.39, 0.29) is 0 Å². The third kappa shape index (κ3) is 3.38. The molecule has 80 valence electrons. The number of carbonyl (C=O) groups is 1. The molecule has 0 radical (unpaired) electrons. The van der Waals surface area contributed by atoms with Gasteiger partial charge in [-0.15, -0.1) is 11.8 Å². The van der Waals surface area contributed by atoms with Gasteiger partial charge < -0.3 is 0 Å². The largest absolute Gasteiger partial charge is 0.300 e. The lowest BCUT2D eigenvalue weighted by atomic mass is 10.2. The van der Waals surface area contributed by atoms with Gasteiger partial charge in [0.15, 0.2) is 0 Å². The van der Waals surface area contributed by atoms with E-state index in [1.165, 1.54) is 17.7 Å². The molecule has 1 fully saturated rings. The molecular formula is C13H16OS. The highest BCUT2D eigenvalue weighted by Gasteiger charge is 2.18. The molecule has 0 amide bonds. The highest BCUT2D eigenvalue weighted by molar-refractivity contribution is 8.00. The molecule has 15 heavy (non-hydrogen) atoms. The van der Waals surface area contributed by atoms with Crippen molar-refractivity contribution in [1.29, 1.82) is 0 Å². The molecule has 1 aromatic carbocycles. The summed E-state index contributed by atoms with van der Waals surface area (Å²) in [5.41, 5.74) is 0. The Balaban J connectivity index is 1.96. The Morgan fingerprint density at radius 2 is 1.93 bits per heavy atom. The number of carbonyl (C=O) groups excluding carboxylic acids is 1. The van der Waals surface area contributed by atoms with Crippen LogP contribution in [0.5, 0.6) is 0 Å². The topological polar surface area (TPSA) is 17.1 Å². The maximum atomic E-state index is 11.5. The number of benzene rings is 1. The van der Waals surface area contributed by atoms with Crippen LogP contribution >= 0.6 is 11.8 Å². The van der Waals surface area contributed by atoms with E-state index >= 15 is 0 Å². The van der Waals surface area contributed by atoms with Gasteiger partial charge in [0.05, 0.1) is 0 Å². The molecule has 1 atom stereocenters. The third-order valence-corrected chi connectivity index (χ3v) is 4.01. The fraction of sp³-hybridized carbons (Fsp3) is 0.462. The summed E-state index contributed by atoms with van der Waals surface area (Å²) in [4.78, 5) is 12.8. The van der Waals surface area contributed by atoms with Gasteiger partial charge >= 0.3 is 0 Å². The molecular weight excluding hydrogens is 204 g/mol. The standard InChI is InChI=1S/C13H16OS/c14-11-6-4-5-9-13(10-11)15-12-7-2-1-3-8-12/h1-3,7-8,13H,4-6,9-10H2/t13-/m0/s1. The number of Topliss-reactive ketones (excluding diaryl/α,β-unsaturated/α-hetero) is 1. The van der Waals surface area contributed by atoms with Crippen LogP contribution in [0.4, 0.5) is 0 Å². The molecule has 0 unspecified atom stereocenters. The third-order valence-electron chi connectivity index (χ3n) is 2.73. The summed E-state index contributed by atoms with van der Waals surface area (Å²) >= 11 is 1.86. The van der Waals surface area contributed by atoms with Crippen LogP contribution in [0, 0.1) is 0 Å². The second kappa shape index (κ2) is 5.36. The minimum absolute atomic E-state index is 0.445. The van der Waals surface area contributed by atoms with Crippen LogP contribution < -0.4 is 0 Å². The molecule has 0 heterocycles. The molecule has 0 aliphatic heterocycles. The Morgan fingerprint density at radius 1 is 1.13 bits per heavy atom. The van der Waals surface area contributed by atoms with Gasteiger partial charge in [-0.05, 0) is 25.0 Å². The molecule has 1 saturated carbocycles. The second-order valence-electron chi connectivity index (χ2n) is 4.04. The van der Waals surface area contributed by atoms with Crippen LogP contribution in [0.2, 0.25) is 0 Å². The normalized spacial score (nSPS) is 22.4. The average Bonchev–Trinajstić information content (AvgIpc) is 2.44. The maximum Gasteiger partial charge on any atom is 0.134 e. The minimum atomic E-state index is 0.445. The zero-order valence-electron chi connectivity index (χ0n) is 8.82. The molecule has 0 N–H and O–H groups in total. The summed E-state index contributed by atoms with van der Waals surface area (Å²) in [5, 5.41) is 0.502. The molecule has 0 saturated heterocycles. The quantitative estimate of drug-likeness (QED) is 0.707. The van der Waals surface area contributed by atoms with Crippen LogP contribution in [-0.4, -0.2) is 11.0 Å². The van der Waals surface area contributed by atoms with Crippen LogP contribution in [-0.2, 0) is 4.79 Å². The summed E-state index contributed by atoms with van der Waals surface area (Å²) < 4.78 is 0. The van der Waals surface area contributed by atoms with Crippen molar-refractivity contribution in [2.75, 3.05) is 0 Å². The molecule has 2 rings (SSSR count). The zero-order valence-corrected chi connectivity index (χ0v) is 9.63. The van der Waals surface area contributed by atoms with Crippen molar-refractivity contribution >= 4 is 17.5 Å². The molecule has 1 aromatic rings.